The van der Waals surface area contributed by atoms with Gasteiger partial charge in [0.25, 0.3) is 0 Å². The Balaban J connectivity index is 1.29. The minimum atomic E-state index is -0.335. The number of piperazine rings is 1. The summed E-state index contributed by atoms with van der Waals surface area (Å²) in [5.41, 5.74) is 1.61. The Kier molecular flexibility index (Phi) is 6.52. The topological polar surface area (TPSA) is 56.4 Å². The number of hydrogen-bond acceptors (Lipinski definition) is 5. The molecule has 2 heterocycles. The molecule has 0 radical (unpaired) electrons. The van der Waals surface area contributed by atoms with Crippen LogP contribution in [0.5, 0.6) is 11.5 Å². The largest absolute Gasteiger partial charge is 0.497 e. The highest BCUT2D eigenvalue weighted by Crippen LogP contribution is 2.19. The van der Waals surface area contributed by atoms with E-state index in [-0.39, 0.29) is 23.6 Å². The van der Waals surface area contributed by atoms with Crippen LogP contribution in [0.25, 0.3) is 0 Å². The van der Waals surface area contributed by atoms with Gasteiger partial charge in [-0.15, -0.1) is 0 Å². The molecule has 0 atom stereocenters. The lowest BCUT2D eigenvalue weighted by molar-refractivity contribution is -0.915. The van der Waals surface area contributed by atoms with Crippen molar-refractivity contribution in [1.82, 2.24) is 0 Å². The van der Waals surface area contributed by atoms with Gasteiger partial charge >= 0.3 is 0 Å². The predicted molar refractivity (Wildman–Crippen MR) is 115 cm³/mol. The quantitative estimate of drug-likeness (QED) is 0.630. The van der Waals surface area contributed by atoms with Crippen LogP contribution in [0.3, 0.4) is 0 Å². The molecular weight excluding hydrogens is 399 g/mol. The van der Waals surface area contributed by atoms with Crippen LogP contribution in [0.4, 0.5) is 10.1 Å². The first-order valence-electron chi connectivity index (χ1n) is 10.3. The first-order chi connectivity index (χ1) is 15.1. The molecule has 0 unspecified atom stereocenters. The van der Waals surface area contributed by atoms with Gasteiger partial charge in [-0.2, -0.15) is 0 Å². The second-order valence-corrected chi connectivity index (χ2v) is 7.61. The second-order valence-electron chi connectivity index (χ2n) is 7.61. The number of methoxy groups -OCH3 is 1. The fraction of sp³-hybridized carbons (Fsp3) is 0.292. The van der Waals surface area contributed by atoms with Gasteiger partial charge in [0, 0.05) is 11.8 Å². The normalized spacial score (nSPS) is 14.5. The second kappa shape index (κ2) is 9.66. The summed E-state index contributed by atoms with van der Waals surface area (Å²) in [5, 5.41) is 0. The maximum atomic E-state index is 13.3. The summed E-state index contributed by atoms with van der Waals surface area (Å²) in [6, 6.07) is 15.7. The third-order valence-electron chi connectivity index (χ3n) is 5.47. The van der Waals surface area contributed by atoms with Crippen LogP contribution in [0.2, 0.25) is 0 Å². The number of anilines is 1. The van der Waals surface area contributed by atoms with Gasteiger partial charge in [0.05, 0.1) is 33.3 Å². The van der Waals surface area contributed by atoms with Crippen LogP contribution >= 0.6 is 0 Å². The molecule has 4 rings (SSSR count). The van der Waals surface area contributed by atoms with Crippen molar-refractivity contribution < 1.29 is 23.2 Å². The molecule has 1 aliphatic heterocycles. The number of quaternary nitrogens is 1. The first-order valence-corrected chi connectivity index (χ1v) is 10.3. The van der Waals surface area contributed by atoms with Crippen LogP contribution in [-0.4, -0.2) is 33.3 Å². The fourth-order valence-electron chi connectivity index (χ4n) is 3.72. The molecule has 31 heavy (non-hydrogen) atoms. The molecule has 1 N–H and O–H groups in total. The first kappa shape index (κ1) is 20.9. The summed E-state index contributed by atoms with van der Waals surface area (Å²) < 4.78 is 29.6. The van der Waals surface area contributed by atoms with Crippen LogP contribution in [0.1, 0.15) is 11.3 Å². The van der Waals surface area contributed by atoms with E-state index in [2.05, 4.69) is 17.0 Å². The van der Waals surface area contributed by atoms with Gasteiger partial charge in [-0.25, -0.2) is 4.39 Å². The molecule has 3 aromatic rings. The highest BCUT2D eigenvalue weighted by atomic mass is 19.1. The molecule has 1 saturated heterocycles. The van der Waals surface area contributed by atoms with Crippen molar-refractivity contribution in [2.45, 2.75) is 13.2 Å². The van der Waals surface area contributed by atoms with Gasteiger partial charge in [-0.05, 0) is 42.0 Å². The van der Waals surface area contributed by atoms with Gasteiger partial charge < -0.3 is 23.7 Å². The van der Waals surface area contributed by atoms with Crippen molar-refractivity contribution >= 4 is 5.69 Å². The van der Waals surface area contributed by atoms with Crippen LogP contribution < -0.4 is 24.7 Å². The third kappa shape index (κ3) is 5.44. The number of halogens is 1. The van der Waals surface area contributed by atoms with Gasteiger partial charge in [-0.3, -0.25) is 4.79 Å². The predicted octanol–water partition coefficient (Wildman–Crippen LogP) is 2.27. The zero-order valence-corrected chi connectivity index (χ0v) is 17.5. The van der Waals surface area contributed by atoms with Crippen molar-refractivity contribution in [1.29, 1.82) is 0 Å². The summed E-state index contributed by atoms with van der Waals surface area (Å²) in [4.78, 5) is 16.1. The molecule has 0 spiro atoms. The molecule has 2 aromatic carbocycles. The molecule has 0 amide bonds. The van der Waals surface area contributed by atoms with Crippen LogP contribution in [-0.2, 0) is 13.2 Å². The Morgan fingerprint density at radius 2 is 1.87 bits per heavy atom. The van der Waals surface area contributed by atoms with Crippen molar-refractivity contribution in [2.24, 2.45) is 0 Å². The summed E-state index contributed by atoms with van der Waals surface area (Å²) in [6.07, 6.45) is 1.35. The van der Waals surface area contributed by atoms with E-state index < -0.39 is 0 Å². The molecule has 162 valence electrons. The van der Waals surface area contributed by atoms with Crippen molar-refractivity contribution in [2.75, 3.05) is 38.2 Å². The maximum absolute atomic E-state index is 13.3. The number of benzene rings is 2. The van der Waals surface area contributed by atoms with Crippen molar-refractivity contribution in [3.8, 4) is 11.5 Å². The zero-order chi connectivity index (χ0) is 21.6. The third-order valence-corrected chi connectivity index (χ3v) is 5.47. The molecule has 0 bridgehead atoms. The minimum Gasteiger partial charge on any atom is -0.497 e. The number of ether oxygens (including phenoxy) is 2. The number of nitrogens with zero attached hydrogens (tertiary/aromatic N) is 1. The summed E-state index contributed by atoms with van der Waals surface area (Å²) in [7, 11) is 1.67. The number of rotatable bonds is 7. The van der Waals surface area contributed by atoms with E-state index in [1.165, 1.54) is 35.0 Å². The molecule has 6 nitrogen and oxygen atoms in total. The lowest BCUT2D eigenvalue weighted by Gasteiger charge is -2.33. The number of nitrogens with one attached hydrogen (secondary N) is 1. The summed E-state index contributed by atoms with van der Waals surface area (Å²) in [6.45, 7) is 4.53. The molecule has 7 heteroatoms. The maximum Gasteiger partial charge on any atom is 0.227 e. The van der Waals surface area contributed by atoms with Crippen molar-refractivity contribution in [3.05, 3.63) is 88.2 Å². The van der Waals surface area contributed by atoms with Gasteiger partial charge in [0.15, 0.2) is 5.76 Å². The van der Waals surface area contributed by atoms with E-state index in [1.54, 1.807) is 19.2 Å². The van der Waals surface area contributed by atoms with Gasteiger partial charge in [-0.1, -0.05) is 12.1 Å². The number of hydrogen-bond donors (Lipinski definition) is 1. The van der Waals surface area contributed by atoms with Gasteiger partial charge in [0.2, 0.25) is 11.2 Å². The molecular formula is C24H26FN2O4+. The highest BCUT2D eigenvalue weighted by Gasteiger charge is 2.21. The Hall–Kier alpha value is -3.32. The Morgan fingerprint density at radius 3 is 2.55 bits per heavy atom. The van der Waals surface area contributed by atoms with E-state index in [1.807, 2.05) is 12.1 Å². The van der Waals surface area contributed by atoms with E-state index >= 15 is 0 Å². The Labute approximate surface area is 180 Å². The SMILES string of the molecule is COc1ccc(N2CC[NH+](Cc3cc(=O)c(OCc4cccc(F)c4)co3)CC2)cc1. The van der Waals surface area contributed by atoms with E-state index in [9.17, 15) is 9.18 Å². The average molecular weight is 425 g/mol. The lowest BCUT2D eigenvalue weighted by Crippen LogP contribution is -3.13. The monoisotopic (exact) mass is 425 g/mol. The average Bonchev–Trinajstić information content (AvgIpc) is 2.79. The van der Waals surface area contributed by atoms with E-state index in [4.69, 9.17) is 13.9 Å². The van der Waals surface area contributed by atoms with E-state index in [0.29, 0.717) is 17.9 Å². The lowest BCUT2D eigenvalue weighted by atomic mass is 10.2. The minimum absolute atomic E-state index is 0.112. The van der Waals surface area contributed by atoms with E-state index in [0.717, 1.165) is 31.9 Å². The highest BCUT2D eigenvalue weighted by molar-refractivity contribution is 5.49. The summed E-state index contributed by atoms with van der Waals surface area (Å²) in [5.74, 6) is 1.29. The standard InChI is InChI=1S/C24H25FN2O4/c1-29-21-7-5-20(6-8-21)27-11-9-26(10-12-27)15-22-14-23(28)24(17-30-22)31-16-18-3-2-4-19(25)13-18/h2-8,13-14,17H,9-12,15-16H2,1H3/p+1. The summed E-state index contributed by atoms with van der Waals surface area (Å²) >= 11 is 0. The molecule has 0 saturated carbocycles. The van der Waals surface area contributed by atoms with Gasteiger partial charge in [0.1, 0.15) is 31.0 Å². The molecule has 1 aliphatic rings. The van der Waals surface area contributed by atoms with Crippen LogP contribution in [0, 0.1) is 5.82 Å². The smallest absolute Gasteiger partial charge is 0.227 e. The molecule has 0 aliphatic carbocycles. The molecule has 1 fully saturated rings. The zero-order valence-electron chi connectivity index (χ0n) is 17.5. The Morgan fingerprint density at radius 1 is 1.10 bits per heavy atom. The van der Waals surface area contributed by atoms with Crippen molar-refractivity contribution in [3.63, 3.8) is 0 Å². The fourth-order valence-corrected chi connectivity index (χ4v) is 3.72. The molecule has 1 aromatic heterocycles. The Bertz CT molecular complexity index is 1060. The van der Waals surface area contributed by atoms with Crippen LogP contribution in [0.15, 0.2) is 70.1 Å².